The van der Waals surface area contributed by atoms with Gasteiger partial charge in [-0.05, 0) is 18.6 Å². The van der Waals surface area contributed by atoms with Crippen molar-refractivity contribution in [2.24, 2.45) is 5.73 Å². The third-order valence-corrected chi connectivity index (χ3v) is 4.58. The first kappa shape index (κ1) is 12.7. The average molecular weight is 251 g/mol. The minimum absolute atomic E-state index is 0.401. The van der Waals surface area contributed by atoms with Crippen molar-refractivity contribution in [2.45, 2.75) is 31.6 Å². The highest BCUT2D eigenvalue weighted by Gasteiger charge is 2.23. The summed E-state index contributed by atoms with van der Waals surface area (Å²) in [5, 5.41) is 0. The lowest BCUT2D eigenvalue weighted by Crippen LogP contribution is -2.27. The molecule has 2 rings (SSSR count). The molecule has 0 radical (unpaired) electrons. The maximum atomic E-state index is 5.64. The van der Waals surface area contributed by atoms with E-state index in [1.165, 1.54) is 17.9 Å². The highest BCUT2D eigenvalue weighted by molar-refractivity contribution is 8.00. The van der Waals surface area contributed by atoms with E-state index < -0.39 is 0 Å². The molecule has 1 aromatic rings. The van der Waals surface area contributed by atoms with Gasteiger partial charge in [0.1, 0.15) is 0 Å². The second kappa shape index (κ2) is 5.27. The highest BCUT2D eigenvalue weighted by atomic mass is 32.2. The van der Waals surface area contributed by atoms with E-state index in [0.29, 0.717) is 11.3 Å². The molecule has 0 saturated carbocycles. The quantitative estimate of drug-likeness (QED) is 0.875. The third kappa shape index (κ3) is 3.36. The number of aromatic nitrogens is 1. The summed E-state index contributed by atoms with van der Waals surface area (Å²) in [5.41, 5.74) is 7.87. The molecule has 1 aliphatic rings. The van der Waals surface area contributed by atoms with E-state index in [1.54, 1.807) is 0 Å². The Morgan fingerprint density at radius 1 is 1.47 bits per heavy atom. The fourth-order valence-corrected chi connectivity index (χ4v) is 3.15. The van der Waals surface area contributed by atoms with Crippen LogP contribution in [0.3, 0.4) is 0 Å². The molecule has 0 amide bonds. The summed E-state index contributed by atoms with van der Waals surface area (Å²) >= 11 is 2.07. The number of pyridine rings is 1. The van der Waals surface area contributed by atoms with Crippen molar-refractivity contribution in [3.63, 3.8) is 0 Å². The minimum Gasteiger partial charge on any atom is -0.371 e. The van der Waals surface area contributed by atoms with Gasteiger partial charge in [-0.1, -0.05) is 13.8 Å². The normalized spacial score (nSPS) is 20.1. The first-order chi connectivity index (χ1) is 8.11. The summed E-state index contributed by atoms with van der Waals surface area (Å²) in [5.74, 6) is 1.19. The zero-order chi connectivity index (χ0) is 12.3. The molecule has 94 valence electrons. The Bertz CT molecular complexity index is 379. The molecule has 3 nitrogen and oxygen atoms in total. The highest BCUT2D eigenvalue weighted by Crippen LogP contribution is 2.32. The maximum absolute atomic E-state index is 5.64. The van der Waals surface area contributed by atoms with Crippen LogP contribution in [0.5, 0.6) is 0 Å². The van der Waals surface area contributed by atoms with Crippen LogP contribution in [-0.2, 0) is 6.54 Å². The van der Waals surface area contributed by atoms with Crippen LogP contribution in [0, 0.1) is 0 Å². The Morgan fingerprint density at radius 2 is 2.29 bits per heavy atom. The molecule has 1 aliphatic heterocycles. The van der Waals surface area contributed by atoms with Gasteiger partial charge in [0.15, 0.2) is 0 Å². The molecule has 0 spiro atoms. The minimum atomic E-state index is 0.401. The molecular formula is C13H21N3S. The molecule has 17 heavy (non-hydrogen) atoms. The SMILES string of the molecule is CC1(C)CCN(c2ccnc(CN)c2)CCS1. The largest absolute Gasteiger partial charge is 0.371 e. The summed E-state index contributed by atoms with van der Waals surface area (Å²) < 4.78 is 0.401. The Balaban J connectivity index is 2.11. The molecule has 0 aliphatic carbocycles. The monoisotopic (exact) mass is 251 g/mol. The van der Waals surface area contributed by atoms with Crippen LogP contribution in [0.4, 0.5) is 5.69 Å². The van der Waals surface area contributed by atoms with Gasteiger partial charge in [0.2, 0.25) is 0 Å². The van der Waals surface area contributed by atoms with E-state index in [2.05, 4.69) is 47.6 Å². The van der Waals surface area contributed by atoms with E-state index in [0.717, 1.165) is 18.8 Å². The smallest absolute Gasteiger partial charge is 0.0560 e. The predicted molar refractivity (Wildman–Crippen MR) is 75.5 cm³/mol. The first-order valence-electron chi connectivity index (χ1n) is 6.15. The summed E-state index contributed by atoms with van der Waals surface area (Å²) in [6.45, 7) is 7.41. The molecular weight excluding hydrogens is 230 g/mol. The zero-order valence-electron chi connectivity index (χ0n) is 10.6. The number of nitrogens with zero attached hydrogens (tertiary/aromatic N) is 2. The van der Waals surface area contributed by atoms with Crippen LogP contribution in [0.25, 0.3) is 0 Å². The first-order valence-corrected chi connectivity index (χ1v) is 7.13. The van der Waals surface area contributed by atoms with Crippen molar-refractivity contribution in [1.29, 1.82) is 0 Å². The zero-order valence-corrected chi connectivity index (χ0v) is 11.5. The van der Waals surface area contributed by atoms with Crippen LogP contribution in [0.15, 0.2) is 18.3 Å². The Morgan fingerprint density at radius 3 is 3.06 bits per heavy atom. The Hall–Kier alpha value is -0.740. The molecule has 0 unspecified atom stereocenters. The summed E-state index contributed by atoms with van der Waals surface area (Å²) in [6, 6.07) is 4.20. The fraction of sp³-hybridized carbons (Fsp3) is 0.615. The summed E-state index contributed by atoms with van der Waals surface area (Å²) in [6.07, 6.45) is 3.08. The second-order valence-corrected chi connectivity index (χ2v) is 6.86. The summed E-state index contributed by atoms with van der Waals surface area (Å²) in [4.78, 5) is 6.69. The number of rotatable bonds is 2. The Labute approximate surface area is 108 Å². The van der Waals surface area contributed by atoms with Gasteiger partial charge >= 0.3 is 0 Å². The Kier molecular flexibility index (Phi) is 3.94. The maximum Gasteiger partial charge on any atom is 0.0560 e. The van der Waals surface area contributed by atoms with Gasteiger partial charge in [0.25, 0.3) is 0 Å². The van der Waals surface area contributed by atoms with Gasteiger partial charge in [-0.15, -0.1) is 0 Å². The van der Waals surface area contributed by atoms with Gasteiger partial charge in [-0.2, -0.15) is 11.8 Å². The molecule has 2 heterocycles. The number of hydrogen-bond donors (Lipinski definition) is 1. The number of nitrogens with two attached hydrogens (primary N) is 1. The molecule has 0 aromatic carbocycles. The van der Waals surface area contributed by atoms with E-state index in [4.69, 9.17) is 5.73 Å². The van der Waals surface area contributed by atoms with Gasteiger partial charge in [-0.25, -0.2) is 0 Å². The topological polar surface area (TPSA) is 42.2 Å². The average Bonchev–Trinajstić information content (AvgIpc) is 2.50. The molecule has 1 saturated heterocycles. The third-order valence-electron chi connectivity index (χ3n) is 3.21. The second-order valence-electron chi connectivity index (χ2n) is 5.05. The van der Waals surface area contributed by atoms with E-state index in [1.807, 2.05) is 6.20 Å². The molecule has 0 bridgehead atoms. The van der Waals surface area contributed by atoms with Crippen molar-refractivity contribution in [2.75, 3.05) is 23.7 Å². The lowest BCUT2D eigenvalue weighted by molar-refractivity contribution is 0.637. The van der Waals surface area contributed by atoms with Gasteiger partial charge in [-0.3, -0.25) is 4.98 Å². The number of thioether (sulfide) groups is 1. The fourth-order valence-electron chi connectivity index (χ4n) is 2.05. The van der Waals surface area contributed by atoms with Crippen molar-refractivity contribution in [1.82, 2.24) is 4.98 Å². The predicted octanol–water partition coefficient (Wildman–Crippen LogP) is 2.26. The van der Waals surface area contributed by atoms with Crippen LogP contribution in [-0.4, -0.2) is 28.6 Å². The van der Waals surface area contributed by atoms with Gasteiger partial charge < -0.3 is 10.6 Å². The van der Waals surface area contributed by atoms with Crippen molar-refractivity contribution < 1.29 is 0 Å². The van der Waals surface area contributed by atoms with E-state index in [9.17, 15) is 0 Å². The number of hydrogen-bond acceptors (Lipinski definition) is 4. The van der Waals surface area contributed by atoms with E-state index in [-0.39, 0.29) is 0 Å². The summed E-state index contributed by atoms with van der Waals surface area (Å²) in [7, 11) is 0. The lowest BCUT2D eigenvalue weighted by atomic mass is 10.1. The molecule has 2 N–H and O–H groups in total. The molecule has 1 aromatic heterocycles. The standard InChI is InChI=1S/C13H21N3S/c1-13(2)4-6-16(7-8-17-13)12-3-5-15-11(9-12)10-14/h3,5,9H,4,6-8,10,14H2,1-2H3. The molecule has 1 fully saturated rings. The van der Waals surface area contributed by atoms with Gasteiger partial charge in [0, 0.05) is 42.0 Å². The van der Waals surface area contributed by atoms with Crippen molar-refractivity contribution >= 4 is 17.4 Å². The van der Waals surface area contributed by atoms with Crippen LogP contribution in [0.1, 0.15) is 26.0 Å². The number of anilines is 1. The van der Waals surface area contributed by atoms with Crippen molar-refractivity contribution in [3.05, 3.63) is 24.0 Å². The molecule has 4 heteroatoms. The lowest BCUT2D eigenvalue weighted by Gasteiger charge is -2.24. The van der Waals surface area contributed by atoms with Crippen LogP contribution < -0.4 is 10.6 Å². The van der Waals surface area contributed by atoms with Crippen LogP contribution in [0.2, 0.25) is 0 Å². The van der Waals surface area contributed by atoms with Crippen molar-refractivity contribution in [3.8, 4) is 0 Å². The van der Waals surface area contributed by atoms with Crippen LogP contribution >= 0.6 is 11.8 Å². The molecule has 0 atom stereocenters. The van der Waals surface area contributed by atoms with E-state index >= 15 is 0 Å². The van der Waals surface area contributed by atoms with Gasteiger partial charge in [0.05, 0.1) is 5.69 Å².